The van der Waals surface area contributed by atoms with Gasteiger partial charge in [-0.1, -0.05) is 19.8 Å². The van der Waals surface area contributed by atoms with Crippen LogP contribution in [-0.2, 0) is 9.84 Å². The van der Waals surface area contributed by atoms with E-state index in [0.29, 0.717) is 12.0 Å². The first kappa shape index (κ1) is 15.4. The topological polar surface area (TPSA) is 51.2 Å². The molecule has 0 aliphatic heterocycles. The molecule has 0 unspecified atom stereocenters. The molecule has 1 heterocycles. The predicted molar refractivity (Wildman–Crippen MR) is 76.3 cm³/mol. The zero-order valence-corrected chi connectivity index (χ0v) is 12.8. The molecule has 18 heavy (non-hydrogen) atoms. The summed E-state index contributed by atoms with van der Waals surface area (Å²) in [5.41, 5.74) is 0.566. The number of rotatable bonds is 7. The Bertz CT molecular complexity index is 512. The van der Waals surface area contributed by atoms with E-state index in [1.54, 1.807) is 6.07 Å². The summed E-state index contributed by atoms with van der Waals surface area (Å²) in [5.74, 6) is -0.504. The highest BCUT2D eigenvalue weighted by Crippen LogP contribution is 2.21. The van der Waals surface area contributed by atoms with E-state index in [9.17, 15) is 13.2 Å². The summed E-state index contributed by atoms with van der Waals surface area (Å²) in [4.78, 5) is 13.9. The second kappa shape index (κ2) is 6.48. The molecule has 0 saturated heterocycles. The smallest absolute Gasteiger partial charge is 0.178 e. The summed E-state index contributed by atoms with van der Waals surface area (Å²) in [7, 11) is -3.25. The number of aryl methyl sites for hydroxylation is 2. The van der Waals surface area contributed by atoms with Gasteiger partial charge < -0.3 is 0 Å². The molecular formula is C13H20O3S2. The number of carbonyl (C=O) groups excluding carboxylic acids is 1. The molecular weight excluding hydrogens is 268 g/mol. The van der Waals surface area contributed by atoms with Crippen molar-refractivity contribution < 1.29 is 13.2 Å². The average molecular weight is 288 g/mol. The molecule has 3 nitrogen and oxygen atoms in total. The number of hydrogen-bond donors (Lipinski definition) is 0. The predicted octanol–water partition coefficient (Wildman–Crippen LogP) is 3.15. The Morgan fingerprint density at radius 3 is 2.44 bits per heavy atom. The lowest BCUT2D eigenvalue weighted by molar-refractivity contribution is 0.102. The molecule has 0 spiro atoms. The SMILES string of the molecule is CCCCCS(=O)(=O)CC(=O)c1cc(C)sc1C. The van der Waals surface area contributed by atoms with Gasteiger partial charge in [0.05, 0.1) is 5.75 Å². The summed E-state index contributed by atoms with van der Waals surface area (Å²) >= 11 is 1.53. The van der Waals surface area contributed by atoms with Crippen molar-refractivity contribution in [3.63, 3.8) is 0 Å². The maximum atomic E-state index is 12.0. The zero-order valence-electron chi connectivity index (χ0n) is 11.2. The van der Waals surface area contributed by atoms with Gasteiger partial charge in [-0.2, -0.15) is 0 Å². The summed E-state index contributed by atoms with van der Waals surface area (Å²) in [6, 6.07) is 1.78. The van der Waals surface area contributed by atoms with Crippen molar-refractivity contribution in [2.45, 2.75) is 40.0 Å². The molecule has 0 bridgehead atoms. The van der Waals surface area contributed by atoms with E-state index in [1.807, 2.05) is 20.8 Å². The first-order chi connectivity index (χ1) is 8.35. The minimum Gasteiger partial charge on any atom is -0.293 e. The Balaban J connectivity index is 2.67. The minimum absolute atomic E-state index is 0.120. The van der Waals surface area contributed by atoms with E-state index in [2.05, 4.69) is 0 Å². The van der Waals surface area contributed by atoms with Crippen LogP contribution in [0.1, 0.15) is 46.3 Å². The van der Waals surface area contributed by atoms with E-state index < -0.39 is 9.84 Å². The van der Waals surface area contributed by atoms with Crippen LogP contribution in [0.15, 0.2) is 6.07 Å². The molecule has 0 aliphatic carbocycles. The molecule has 0 saturated carbocycles. The first-order valence-corrected chi connectivity index (χ1v) is 8.80. The van der Waals surface area contributed by atoms with Crippen LogP contribution in [0.4, 0.5) is 0 Å². The third-order valence-corrected chi connectivity index (χ3v) is 5.33. The molecule has 0 atom stereocenters. The Morgan fingerprint density at radius 1 is 1.28 bits per heavy atom. The van der Waals surface area contributed by atoms with Gasteiger partial charge >= 0.3 is 0 Å². The third-order valence-electron chi connectivity index (χ3n) is 2.75. The van der Waals surface area contributed by atoms with Gasteiger partial charge in [0.2, 0.25) is 0 Å². The lowest BCUT2D eigenvalue weighted by Gasteiger charge is -2.03. The van der Waals surface area contributed by atoms with Crippen molar-refractivity contribution in [2.75, 3.05) is 11.5 Å². The molecule has 1 aromatic heterocycles. The summed E-state index contributed by atoms with van der Waals surface area (Å²) in [5, 5.41) is 0. The number of hydrogen-bond acceptors (Lipinski definition) is 4. The van der Waals surface area contributed by atoms with Crippen LogP contribution < -0.4 is 0 Å². The van der Waals surface area contributed by atoms with Crippen molar-refractivity contribution in [1.29, 1.82) is 0 Å². The average Bonchev–Trinajstić information content (AvgIpc) is 2.57. The van der Waals surface area contributed by atoms with Crippen LogP contribution >= 0.6 is 11.3 Å². The maximum absolute atomic E-state index is 12.0. The molecule has 0 aromatic carbocycles. The van der Waals surface area contributed by atoms with E-state index >= 15 is 0 Å². The molecule has 0 N–H and O–H groups in total. The van der Waals surface area contributed by atoms with Crippen molar-refractivity contribution in [2.24, 2.45) is 0 Å². The van der Waals surface area contributed by atoms with Gasteiger partial charge in [-0.05, 0) is 26.3 Å². The van der Waals surface area contributed by atoms with Gasteiger partial charge in [-0.15, -0.1) is 11.3 Å². The van der Waals surface area contributed by atoms with Crippen LogP contribution in [0, 0.1) is 13.8 Å². The lowest BCUT2D eigenvalue weighted by atomic mass is 10.2. The fourth-order valence-corrected chi connectivity index (χ4v) is 4.11. The van der Waals surface area contributed by atoms with Gasteiger partial charge in [0.1, 0.15) is 5.75 Å². The lowest BCUT2D eigenvalue weighted by Crippen LogP contribution is -2.19. The maximum Gasteiger partial charge on any atom is 0.178 e. The van der Waals surface area contributed by atoms with Crippen molar-refractivity contribution >= 4 is 27.0 Å². The molecule has 5 heteroatoms. The number of ketones is 1. The molecule has 1 aromatic rings. The number of unbranched alkanes of at least 4 members (excludes halogenated alkanes) is 2. The third kappa shape index (κ3) is 4.53. The second-order valence-electron chi connectivity index (χ2n) is 4.55. The largest absolute Gasteiger partial charge is 0.293 e. The van der Waals surface area contributed by atoms with E-state index in [0.717, 1.165) is 22.6 Å². The van der Waals surface area contributed by atoms with Crippen LogP contribution in [0.2, 0.25) is 0 Å². The second-order valence-corrected chi connectivity index (χ2v) is 8.19. The number of thiophene rings is 1. The number of carbonyl (C=O) groups is 1. The normalized spacial score (nSPS) is 11.7. The van der Waals surface area contributed by atoms with Gasteiger partial charge in [0.15, 0.2) is 15.6 Å². The Morgan fingerprint density at radius 2 is 1.94 bits per heavy atom. The van der Waals surface area contributed by atoms with Crippen molar-refractivity contribution in [3.05, 3.63) is 21.4 Å². The molecule has 0 aliphatic rings. The fraction of sp³-hybridized carbons (Fsp3) is 0.615. The van der Waals surface area contributed by atoms with E-state index in [1.165, 1.54) is 11.3 Å². The molecule has 0 amide bonds. The van der Waals surface area contributed by atoms with Crippen molar-refractivity contribution in [1.82, 2.24) is 0 Å². The van der Waals surface area contributed by atoms with Gasteiger partial charge in [0.25, 0.3) is 0 Å². The fourth-order valence-electron chi connectivity index (χ4n) is 1.83. The Hall–Kier alpha value is -0.680. The van der Waals surface area contributed by atoms with E-state index in [-0.39, 0.29) is 17.3 Å². The first-order valence-electron chi connectivity index (χ1n) is 6.16. The summed E-state index contributed by atoms with van der Waals surface area (Å²) in [6.45, 7) is 5.80. The Labute approximate surface area is 113 Å². The van der Waals surface area contributed by atoms with Gasteiger partial charge in [0, 0.05) is 15.3 Å². The van der Waals surface area contributed by atoms with Crippen LogP contribution in [0.25, 0.3) is 0 Å². The number of sulfone groups is 1. The molecule has 102 valence electrons. The highest BCUT2D eigenvalue weighted by atomic mass is 32.2. The molecule has 0 fully saturated rings. The van der Waals surface area contributed by atoms with Gasteiger partial charge in [-0.3, -0.25) is 4.79 Å². The van der Waals surface area contributed by atoms with Crippen LogP contribution in [-0.4, -0.2) is 25.7 Å². The van der Waals surface area contributed by atoms with Crippen LogP contribution in [0.3, 0.4) is 0 Å². The minimum atomic E-state index is -3.25. The highest BCUT2D eigenvalue weighted by Gasteiger charge is 2.20. The standard InChI is InChI=1S/C13H20O3S2/c1-4-5-6-7-18(15,16)9-13(14)12-8-10(2)17-11(12)3/h8H,4-7,9H2,1-3H3. The quantitative estimate of drug-likeness (QED) is 0.572. The Kier molecular flexibility index (Phi) is 5.53. The zero-order chi connectivity index (χ0) is 13.8. The highest BCUT2D eigenvalue weighted by molar-refractivity contribution is 7.92. The van der Waals surface area contributed by atoms with Crippen LogP contribution in [0.5, 0.6) is 0 Å². The van der Waals surface area contributed by atoms with Gasteiger partial charge in [-0.25, -0.2) is 8.42 Å². The monoisotopic (exact) mass is 288 g/mol. The molecule has 0 radical (unpaired) electrons. The molecule has 1 rings (SSSR count). The summed E-state index contributed by atoms with van der Waals surface area (Å²) in [6.07, 6.45) is 2.52. The summed E-state index contributed by atoms with van der Waals surface area (Å²) < 4.78 is 23.6. The van der Waals surface area contributed by atoms with E-state index in [4.69, 9.17) is 0 Å². The number of Topliss-reactive ketones (excluding diaryl/α,β-unsaturated/α-hetero) is 1. The van der Waals surface area contributed by atoms with Crippen molar-refractivity contribution in [3.8, 4) is 0 Å².